The quantitative estimate of drug-likeness (QED) is 0.283. The minimum Gasteiger partial charge on any atom is -0.256 e. The molecule has 0 aliphatic carbocycles. The van der Waals surface area contributed by atoms with E-state index in [0.29, 0.717) is 0 Å². The molecule has 2 heteroatoms. The molecule has 2 heterocycles. The summed E-state index contributed by atoms with van der Waals surface area (Å²) >= 11 is 1.88. The molecule has 3 aromatic carbocycles. The van der Waals surface area contributed by atoms with Crippen LogP contribution in [0.1, 0.15) is 31.9 Å². The average molecular weight is 422 g/mol. The predicted octanol–water partition coefficient (Wildman–Crippen LogP) is 8.44. The Morgan fingerprint density at radius 3 is 2.29 bits per heavy atom. The minimum absolute atomic E-state index is 0.256. The lowest BCUT2D eigenvalue weighted by atomic mass is 9.88. The number of pyridine rings is 1. The molecule has 1 aliphatic rings. The van der Waals surface area contributed by atoms with Crippen molar-refractivity contribution in [3.8, 4) is 33.5 Å². The van der Waals surface area contributed by atoms with Gasteiger partial charge in [-0.2, -0.15) is 0 Å². The van der Waals surface area contributed by atoms with E-state index in [9.17, 15) is 0 Å². The third kappa shape index (κ3) is 3.93. The van der Waals surface area contributed by atoms with Crippen LogP contribution in [-0.2, 0) is 6.42 Å². The number of aromatic nitrogens is 1. The van der Waals surface area contributed by atoms with E-state index < -0.39 is 0 Å². The Bertz CT molecular complexity index is 1280. The Labute approximate surface area is 189 Å². The summed E-state index contributed by atoms with van der Waals surface area (Å²) in [5.41, 5.74) is 10.3. The van der Waals surface area contributed by atoms with E-state index in [1.807, 2.05) is 18.0 Å². The Kier molecular flexibility index (Phi) is 4.98. The monoisotopic (exact) mass is 421 g/mol. The Hall–Kier alpha value is -2.84. The van der Waals surface area contributed by atoms with Gasteiger partial charge in [0.1, 0.15) is 0 Å². The van der Waals surface area contributed by atoms with Gasteiger partial charge in [0.2, 0.25) is 0 Å². The lowest BCUT2D eigenvalue weighted by Gasteiger charge is -2.18. The van der Waals surface area contributed by atoms with Gasteiger partial charge in [-0.05, 0) is 76.4 Å². The summed E-state index contributed by atoms with van der Waals surface area (Å²) in [6, 6.07) is 26.6. The minimum atomic E-state index is 0.256. The summed E-state index contributed by atoms with van der Waals surface area (Å²) in [5.74, 6) is 0. The third-order valence-corrected chi connectivity index (χ3v) is 7.09. The number of nitrogens with zero attached hydrogens (tertiary/aromatic N) is 1. The molecule has 1 aromatic heterocycles. The van der Waals surface area contributed by atoms with E-state index in [0.717, 1.165) is 12.1 Å². The van der Waals surface area contributed by atoms with E-state index >= 15 is 0 Å². The molecule has 154 valence electrons. The van der Waals surface area contributed by atoms with Crippen LogP contribution in [0.2, 0.25) is 0 Å². The third-order valence-electron chi connectivity index (χ3n) is 5.77. The van der Waals surface area contributed by atoms with Crippen molar-refractivity contribution < 1.29 is 0 Å². The molecular formula is C29H27NS. The van der Waals surface area contributed by atoms with E-state index in [-0.39, 0.29) is 5.41 Å². The summed E-state index contributed by atoms with van der Waals surface area (Å²) in [6.07, 6.45) is 2.99. The highest BCUT2D eigenvalue weighted by Gasteiger charge is 2.21. The standard InChI is InChI=1S/C29H27NS/c1-19-8-7-11-24-22-9-5-6-10-23(22)25-17-21(12-13-27(25)31-28(19)24)26-16-20(14-15-30-26)18-29(2,3)4/h5-17H,18H2,1-4H3. The zero-order chi connectivity index (χ0) is 21.6. The fraction of sp³-hybridized carbons (Fsp3) is 0.207. The molecule has 0 spiro atoms. The largest absolute Gasteiger partial charge is 0.256 e. The maximum absolute atomic E-state index is 4.71. The fourth-order valence-electron chi connectivity index (χ4n) is 4.41. The zero-order valence-electron chi connectivity index (χ0n) is 18.6. The van der Waals surface area contributed by atoms with Crippen LogP contribution in [0.25, 0.3) is 33.5 Å². The van der Waals surface area contributed by atoms with Gasteiger partial charge in [0.25, 0.3) is 0 Å². The number of hydrogen-bond donors (Lipinski definition) is 0. The predicted molar refractivity (Wildman–Crippen MR) is 133 cm³/mol. The molecule has 0 unspecified atom stereocenters. The summed E-state index contributed by atoms with van der Waals surface area (Å²) in [5, 5.41) is 0. The van der Waals surface area contributed by atoms with Crippen molar-refractivity contribution in [3.63, 3.8) is 0 Å². The van der Waals surface area contributed by atoms with Crippen molar-refractivity contribution in [2.45, 2.75) is 43.9 Å². The van der Waals surface area contributed by atoms with Gasteiger partial charge >= 0.3 is 0 Å². The Balaban J connectivity index is 1.66. The molecule has 0 N–H and O–H groups in total. The van der Waals surface area contributed by atoms with Gasteiger partial charge < -0.3 is 0 Å². The Morgan fingerprint density at radius 1 is 0.774 bits per heavy atom. The van der Waals surface area contributed by atoms with Crippen molar-refractivity contribution in [2.24, 2.45) is 5.41 Å². The van der Waals surface area contributed by atoms with Gasteiger partial charge in [0.15, 0.2) is 0 Å². The van der Waals surface area contributed by atoms with E-state index in [2.05, 4.69) is 100 Å². The molecule has 0 saturated carbocycles. The first-order valence-electron chi connectivity index (χ1n) is 10.9. The number of fused-ring (bicyclic) bond motifs is 5. The summed E-state index contributed by atoms with van der Waals surface area (Å²) in [7, 11) is 0. The summed E-state index contributed by atoms with van der Waals surface area (Å²) < 4.78 is 0. The van der Waals surface area contributed by atoms with Crippen molar-refractivity contribution in [2.75, 3.05) is 0 Å². The summed E-state index contributed by atoms with van der Waals surface area (Å²) in [4.78, 5) is 7.37. The number of aryl methyl sites for hydroxylation is 1. The molecule has 31 heavy (non-hydrogen) atoms. The van der Waals surface area contributed by atoms with Crippen molar-refractivity contribution in [3.05, 3.63) is 90.1 Å². The van der Waals surface area contributed by atoms with E-state index in [1.54, 1.807) is 0 Å². The second kappa shape index (κ2) is 7.69. The number of rotatable bonds is 2. The molecular weight excluding hydrogens is 394 g/mol. The van der Waals surface area contributed by atoms with Gasteiger partial charge in [-0.15, -0.1) is 0 Å². The van der Waals surface area contributed by atoms with E-state index in [1.165, 1.54) is 48.7 Å². The smallest absolute Gasteiger partial charge is 0.0704 e. The van der Waals surface area contributed by atoms with Crippen molar-refractivity contribution in [1.29, 1.82) is 0 Å². The average Bonchev–Trinajstić information content (AvgIpc) is 2.88. The molecule has 0 bridgehead atoms. The van der Waals surface area contributed by atoms with E-state index in [4.69, 9.17) is 4.98 Å². The first-order chi connectivity index (χ1) is 14.9. The Morgan fingerprint density at radius 2 is 1.52 bits per heavy atom. The first-order valence-corrected chi connectivity index (χ1v) is 11.7. The molecule has 0 radical (unpaired) electrons. The second-order valence-electron chi connectivity index (χ2n) is 9.60. The van der Waals surface area contributed by atoms with Crippen LogP contribution in [0.5, 0.6) is 0 Å². The highest BCUT2D eigenvalue weighted by atomic mass is 32.2. The van der Waals surface area contributed by atoms with Crippen LogP contribution < -0.4 is 0 Å². The topological polar surface area (TPSA) is 12.9 Å². The molecule has 5 rings (SSSR count). The van der Waals surface area contributed by atoms with Crippen molar-refractivity contribution in [1.82, 2.24) is 4.98 Å². The molecule has 0 atom stereocenters. The zero-order valence-corrected chi connectivity index (χ0v) is 19.4. The molecule has 0 saturated heterocycles. The van der Waals surface area contributed by atoms with Gasteiger partial charge in [0, 0.05) is 21.6 Å². The van der Waals surface area contributed by atoms with Crippen molar-refractivity contribution >= 4 is 11.8 Å². The molecule has 0 fully saturated rings. The highest BCUT2D eigenvalue weighted by Crippen LogP contribution is 2.49. The molecule has 4 aromatic rings. The first kappa shape index (κ1) is 20.1. The van der Waals surface area contributed by atoms with Crippen LogP contribution in [0.3, 0.4) is 0 Å². The van der Waals surface area contributed by atoms with Crippen LogP contribution in [0, 0.1) is 12.3 Å². The van der Waals surface area contributed by atoms with Crippen LogP contribution in [0.4, 0.5) is 0 Å². The SMILES string of the molecule is Cc1cccc2c1Sc1ccc(-c3cc(CC(C)(C)C)ccn3)cc1-c1ccccc1-2. The van der Waals surface area contributed by atoms with Crippen LogP contribution in [0.15, 0.2) is 88.8 Å². The normalized spacial score (nSPS) is 12.5. The molecule has 1 nitrogen and oxygen atoms in total. The maximum atomic E-state index is 4.71. The van der Waals surface area contributed by atoms with Gasteiger partial charge in [-0.25, -0.2) is 0 Å². The molecule has 1 aliphatic heterocycles. The maximum Gasteiger partial charge on any atom is 0.0704 e. The summed E-state index contributed by atoms with van der Waals surface area (Å²) in [6.45, 7) is 9.05. The van der Waals surface area contributed by atoms with Gasteiger partial charge in [-0.1, -0.05) is 81.1 Å². The second-order valence-corrected chi connectivity index (χ2v) is 10.6. The van der Waals surface area contributed by atoms with Crippen LogP contribution >= 0.6 is 11.8 Å². The number of benzene rings is 3. The fourth-order valence-corrected chi connectivity index (χ4v) is 5.56. The van der Waals surface area contributed by atoms with Crippen LogP contribution in [-0.4, -0.2) is 4.98 Å². The molecule has 0 amide bonds. The lowest BCUT2D eigenvalue weighted by molar-refractivity contribution is 0.411. The highest BCUT2D eigenvalue weighted by molar-refractivity contribution is 7.99. The lowest BCUT2D eigenvalue weighted by Crippen LogP contribution is -2.09. The van der Waals surface area contributed by atoms with Gasteiger partial charge in [0.05, 0.1) is 5.69 Å². The van der Waals surface area contributed by atoms with Gasteiger partial charge in [-0.3, -0.25) is 4.98 Å². The number of hydrogen-bond acceptors (Lipinski definition) is 2.